The molecule has 30 heavy (non-hydrogen) atoms. The van der Waals surface area contributed by atoms with Gasteiger partial charge in [-0.3, -0.25) is 22.3 Å². The molecule has 2 heterocycles. The van der Waals surface area contributed by atoms with Crippen LogP contribution in [0.15, 0.2) is 0 Å². The Morgan fingerprint density at radius 2 is 1.03 bits per heavy atom. The number of carboxylic acids is 2. The molecule has 18 heteroatoms. The molecule has 0 amide bonds. The summed E-state index contributed by atoms with van der Waals surface area (Å²) in [7, 11) is -6.17. The molecule has 2 rings (SSSR count). The number of hydrogen-bond donors (Lipinski definition) is 6. The fourth-order valence-corrected chi connectivity index (χ4v) is 8.63. The van der Waals surface area contributed by atoms with E-state index in [0.717, 1.165) is 23.5 Å². The van der Waals surface area contributed by atoms with Gasteiger partial charge in [0.2, 0.25) is 0 Å². The number of amidine groups is 2. The van der Waals surface area contributed by atoms with E-state index in [-0.39, 0.29) is 33.3 Å². The first-order valence-electron chi connectivity index (χ1n) is 7.74. The molecule has 14 nitrogen and oxygen atoms in total. The van der Waals surface area contributed by atoms with E-state index in [4.69, 9.17) is 42.1 Å². The van der Waals surface area contributed by atoms with Crippen LogP contribution in [-0.4, -0.2) is 95.0 Å². The van der Waals surface area contributed by atoms with Crippen LogP contribution in [0.25, 0.3) is 0 Å². The first-order chi connectivity index (χ1) is 13.5. The van der Waals surface area contributed by atoms with Gasteiger partial charge in [-0.05, 0) is 23.5 Å². The molecule has 0 aliphatic carbocycles. The zero-order valence-corrected chi connectivity index (χ0v) is 18.5. The number of hydrogen-bond acceptors (Lipinski definition) is 12. The summed E-state index contributed by atoms with van der Waals surface area (Å²) >= 11 is 2.03. The molecule has 174 valence electrons. The molecule has 0 aromatic heterocycles. The molecule has 2 fully saturated rings. The molecule has 10 N–H and O–H groups in total. The Hall–Kier alpha value is -1.60. The average molecular weight is 511 g/mol. The van der Waals surface area contributed by atoms with Gasteiger partial charge in [0, 0.05) is 0 Å². The van der Waals surface area contributed by atoms with Crippen LogP contribution in [0.1, 0.15) is 0 Å². The van der Waals surface area contributed by atoms with Gasteiger partial charge in [-0.25, -0.2) is 16.8 Å². The zero-order valence-electron chi connectivity index (χ0n) is 15.2. The van der Waals surface area contributed by atoms with Gasteiger partial charge < -0.3 is 30.0 Å². The molecule has 0 spiro atoms. The number of rotatable bonds is 2. The van der Waals surface area contributed by atoms with Crippen molar-refractivity contribution in [1.29, 1.82) is 0 Å². The van der Waals surface area contributed by atoms with Crippen LogP contribution in [0.5, 0.6) is 0 Å². The summed E-state index contributed by atoms with van der Waals surface area (Å²) in [4.78, 5) is 17.9. The summed E-state index contributed by atoms with van der Waals surface area (Å²) < 4.78 is 43.9. The third kappa shape index (κ3) is 11.6. The van der Waals surface area contributed by atoms with Crippen molar-refractivity contribution in [3.63, 3.8) is 0 Å². The molecule has 0 aromatic carbocycles. The predicted octanol–water partition coefficient (Wildman–Crippen LogP) is -9.61. The van der Waals surface area contributed by atoms with Gasteiger partial charge in [-0.2, -0.15) is 0 Å². The summed E-state index contributed by atoms with van der Waals surface area (Å²) in [6, 6.07) is 0. The first kappa shape index (κ1) is 28.4. The third-order valence-corrected chi connectivity index (χ3v) is 9.25. The van der Waals surface area contributed by atoms with Gasteiger partial charge in [0.05, 0.1) is 57.7 Å². The number of sulfone groups is 2. The van der Waals surface area contributed by atoms with Gasteiger partial charge in [0.25, 0.3) is 10.3 Å². The van der Waals surface area contributed by atoms with Crippen LogP contribution in [0.3, 0.4) is 0 Å². The number of thioether (sulfide) groups is 2. The molecule has 0 saturated carbocycles. The largest absolute Gasteiger partial charge is 0.543 e. The minimum Gasteiger partial charge on any atom is -0.543 e. The smallest absolute Gasteiger partial charge is 0.300 e. The van der Waals surface area contributed by atoms with Gasteiger partial charge in [0.1, 0.15) is 0 Å². The van der Waals surface area contributed by atoms with E-state index in [0.29, 0.717) is 0 Å². The molecule has 2 aliphatic heterocycles. The van der Waals surface area contributed by atoms with E-state index in [2.05, 4.69) is 0 Å². The van der Waals surface area contributed by atoms with E-state index < -0.39 is 54.3 Å². The topological polar surface area (TPSA) is 292 Å². The van der Waals surface area contributed by atoms with E-state index in [9.17, 15) is 27.0 Å². The number of carboxylic acid groups (broad SMARTS) is 2. The molecule has 0 bridgehead atoms. The number of aliphatic carboxylic acids is 2. The van der Waals surface area contributed by atoms with Crippen LogP contribution in [0.2, 0.25) is 0 Å². The zero-order chi connectivity index (χ0) is 23.9. The number of carbonyl (C=O) groups excluding carboxylic acids is 2. The van der Waals surface area contributed by atoms with Crippen molar-refractivity contribution in [3.8, 4) is 0 Å². The molecule has 0 aromatic rings. The normalized spacial score (nSPS) is 28.2. The Bertz CT molecular complexity index is 803. The predicted molar refractivity (Wildman–Crippen MR) is 104 cm³/mol. The lowest BCUT2D eigenvalue weighted by atomic mass is 10.3. The Morgan fingerprint density at radius 3 is 1.17 bits per heavy atom. The number of carbonyl (C=O) groups is 2. The Labute approximate surface area is 180 Å². The molecular formula is C12H22N4O10S4. The Balaban J connectivity index is 0.000000447. The first-order valence-corrected chi connectivity index (χ1v) is 13.1. The number of aliphatic hydroxyl groups is 2. The summed E-state index contributed by atoms with van der Waals surface area (Å²) in [6.07, 6.45) is -1.69. The highest BCUT2D eigenvalue weighted by Gasteiger charge is 2.38. The maximum Gasteiger partial charge on any atom is 0.300 e. The van der Waals surface area contributed by atoms with Crippen LogP contribution in [0.4, 0.5) is 0 Å². The maximum absolute atomic E-state index is 11.0. The van der Waals surface area contributed by atoms with E-state index in [1.807, 2.05) is 0 Å². The van der Waals surface area contributed by atoms with Crippen LogP contribution in [0, 0.1) is 0 Å². The molecule has 4 atom stereocenters. The third-order valence-electron chi connectivity index (χ3n) is 3.29. The lowest BCUT2D eigenvalue weighted by molar-refractivity contribution is -0.345. The van der Waals surface area contributed by atoms with E-state index >= 15 is 0 Å². The SMILES string of the molecule is NC(=[NH2+])SC1CS(=O)(=O)CC1O.NC(=[NH2+])SC1CS(=O)(=O)CC1O.O=C([O-])C(=O)[O-]. The van der Waals surface area contributed by atoms with Crippen molar-refractivity contribution < 1.29 is 57.7 Å². The second kappa shape index (κ2) is 11.7. The van der Waals surface area contributed by atoms with Crippen molar-refractivity contribution >= 4 is 65.5 Å². The van der Waals surface area contributed by atoms with Crippen molar-refractivity contribution in [1.82, 2.24) is 0 Å². The van der Waals surface area contributed by atoms with Crippen LogP contribution < -0.4 is 32.5 Å². The lowest BCUT2D eigenvalue weighted by Crippen LogP contribution is -2.45. The molecule has 0 radical (unpaired) electrons. The van der Waals surface area contributed by atoms with Crippen molar-refractivity contribution in [2.75, 3.05) is 23.0 Å². The van der Waals surface area contributed by atoms with Gasteiger partial charge >= 0.3 is 0 Å². The van der Waals surface area contributed by atoms with Crippen molar-refractivity contribution in [2.45, 2.75) is 22.7 Å². The monoisotopic (exact) mass is 510 g/mol. The van der Waals surface area contributed by atoms with Gasteiger partial charge in [0.15, 0.2) is 19.7 Å². The van der Waals surface area contributed by atoms with Crippen molar-refractivity contribution in [2.24, 2.45) is 11.5 Å². The van der Waals surface area contributed by atoms with E-state index in [1.54, 1.807) is 0 Å². The van der Waals surface area contributed by atoms with Gasteiger partial charge in [-0.15, -0.1) is 0 Å². The molecule has 2 aliphatic rings. The Kier molecular flexibility index (Phi) is 11.1. The highest BCUT2D eigenvalue weighted by molar-refractivity contribution is 8.15. The maximum atomic E-state index is 11.0. The number of nitrogens with two attached hydrogens (primary N) is 4. The van der Waals surface area contributed by atoms with Crippen LogP contribution >= 0.6 is 23.5 Å². The fraction of sp³-hybridized carbons (Fsp3) is 0.667. The van der Waals surface area contributed by atoms with E-state index in [1.165, 1.54) is 0 Å². The minimum atomic E-state index is -3.09. The summed E-state index contributed by atoms with van der Waals surface area (Å²) in [6.45, 7) is 0. The number of aliphatic hydroxyl groups excluding tert-OH is 2. The fourth-order valence-electron chi connectivity index (χ4n) is 2.17. The molecular weight excluding hydrogens is 488 g/mol. The van der Waals surface area contributed by atoms with Crippen LogP contribution in [-0.2, 0) is 29.3 Å². The second-order valence-electron chi connectivity index (χ2n) is 5.98. The highest BCUT2D eigenvalue weighted by atomic mass is 32.2. The van der Waals surface area contributed by atoms with Crippen molar-refractivity contribution in [3.05, 3.63) is 0 Å². The molecule has 4 unspecified atom stereocenters. The molecule has 2 saturated heterocycles. The summed E-state index contributed by atoms with van der Waals surface area (Å²) in [5.41, 5.74) is 10.3. The Morgan fingerprint density at radius 1 is 0.767 bits per heavy atom. The highest BCUT2D eigenvalue weighted by Crippen LogP contribution is 2.24. The summed E-state index contributed by atoms with van der Waals surface area (Å²) in [5, 5.41) is 46.1. The van der Waals surface area contributed by atoms with Gasteiger partial charge in [-0.1, -0.05) is 0 Å². The lowest BCUT2D eigenvalue weighted by Gasteiger charge is -2.06. The standard InChI is InChI=1S/2C5H10N2O3S2.C2H2O4/c2*6-5(7)11-4-2-12(9,10)1-3(4)8;3-1(4)2(5)6/h2*3-4,8H,1-2H2,(H3,6,7);(H,3,4)(H,5,6). The minimum absolute atomic E-state index is 0.0449. The second-order valence-corrected chi connectivity index (χ2v) is 12.9. The average Bonchev–Trinajstić information content (AvgIpc) is 2.92. The quantitative estimate of drug-likeness (QED) is 0.114. The summed E-state index contributed by atoms with van der Waals surface area (Å²) in [5.74, 6) is -4.83.